The summed E-state index contributed by atoms with van der Waals surface area (Å²) < 4.78 is 0. The van der Waals surface area contributed by atoms with E-state index in [1.54, 1.807) is 0 Å². The van der Waals surface area contributed by atoms with Gasteiger partial charge in [0.1, 0.15) is 0 Å². The smallest absolute Gasteiger partial charge is 0.00111 e. The second kappa shape index (κ2) is 5.74. The molecule has 0 spiro atoms. The number of benzene rings is 2. The third-order valence-corrected chi connectivity index (χ3v) is 2.52. The van der Waals surface area contributed by atoms with E-state index in [1.807, 2.05) is 7.05 Å². The van der Waals surface area contributed by atoms with Crippen molar-refractivity contribution < 1.29 is 0 Å². The van der Waals surface area contributed by atoms with Gasteiger partial charge >= 0.3 is 0 Å². The molecule has 2 aromatic carbocycles. The molecule has 0 fully saturated rings. The maximum absolute atomic E-state index is 3.18. The lowest BCUT2D eigenvalue weighted by Gasteiger charge is -2.05. The Morgan fingerprint density at radius 2 is 1.73 bits per heavy atom. The second-order valence-corrected chi connectivity index (χ2v) is 3.49. The molecule has 0 heterocycles. The molecule has 0 aliphatic heterocycles. The van der Waals surface area contributed by atoms with Crippen LogP contribution in [0.5, 0.6) is 0 Å². The first kappa shape index (κ1) is 12.0. The summed E-state index contributed by atoms with van der Waals surface area (Å²) in [4.78, 5) is 0. The molecule has 0 aromatic heterocycles. The largest absolute Gasteiger partial charge is 0.319 e. The topological polar surface area (TPSA) is 12.0 Å². The van der Waals surface area contributed by atoms with E-state index in [2.05, 4.69) is 47.8 Å². The first-order valence-electron chi connectivity index (χ1n) is 5.03. The molecule has 0 aliphatic rings. The highest BCUT2D eigenvalue weighted by Crippen LogP contribution is 2.18. The van der Waals surface area contributed by atoms with E-state index < -0.39 is 0 Å². The summed E-state index contributed by atoms with van der Waals surface area (Å²) in [7, 11) is 1.99. The monoisotopic (exact) mass is 221 g/mol. The standard InChI is InChI=1S/C13H15N.ClH/c1-14-10-9-12-7-4-6-11-5-2-3-8-13(11)12;/h2-8,14H,9-10H2,1H3;1H. The highest BCUT2D eigenvalue weighted by molar-refractivity contribution is 5.86. The van der Waals surface area contributed by atoms with Crippen molar-refractivity contribution in [2.24, 2.45) is 0 Å². The SMILES string of the molecule is CNCCc1cccc2ccccc12.Cl. The highest BCUT2D eigenvalue weighted by atomic mass is 35.5. The molecule has 0 radical (unpaired) electrons. The van der Waals surface area contributed by atoms with Crippen LogP contribution >= 0.6 is 12.4 Å². The molecule has 80 valence electrons. The molecular weight excluding hydrogens is 206 g/mol. The van der Waals surface area contributed by atoms with Gasteiger partial charge in [0.05, 0.1) is 0 Å². The Balaban J connectivity index is 0.00000112. The van der Waals surface area contributed by atoms with Gasteiger partial charge in [0.15, 0.2) is 0 Å². The average molecular weight is 222 g/mol. The molecule has 0 unspecified atom stereocenters. The van der Waals surface area contributed by atoms with Gasteiger partial charge in [0.2, 0.25) is 0 Å². The minimum atomic E-state index is 0. The Bertz CT molecular complexity index is 420. The first-order chi connectivity index (χ1) is 6.92. The molecule has 0 saturated carbocycles. The number of halogens is 1. The molecule has 1 nitrogen and oxygen atoms in total. The Hall–Kier alpha value is -1.05. The van der Waals surface area contributed by atoms with E-state index in [0.717, 1.165) is 13.0 Å². The molecule has 2 heteroatoms. The Morgan fingerprint density at radius 1 is 1.00 bits per heavy atom. The molecule has 1 N–H and O–H groups in total. The van der Waals surface area contributed by atoms with Gasteiger partial charge in [-0.15, -0.1) is 12.4 Å². The fourth-order valence-electron chi connectivity index (χ4n) is 1.77. The summed E-state index contributed by atoms with van der Waals surface area (Å²) >= 11 is 0. The molecule has 15 heavy (non-hydrogen) atoms. The van der Waals surface area contributed by atoms with Crippen LogP contribution in [0.15, 0.2) is 42.5 Å². The maximum atomic E-state index is 3.18. The number of hydrogen-bond donors (Lipinski definition) is 1. The number of fused-ring (bicyclic) bond motifs is 1. The first-order valence-corrected chi connectivity index (χ1v) is 5.03. The van der Waals surface area contributed by atoms with Gasteiger partial charge in [-0.3, -0.25) is 0 Å². The van der Waals surface area contributed by atoms with E-state index in [0.29, 0.717) is 0 Å². The van der Waals surface area contributed by atoms with Gasteiger partial charge in [-0.1, -0.05) is 42.5 Å². The Labute approximate surface area is 96.9 Å². The van der Waals surface area contributed by atoms with E-state index >= 15 is 0 Å². The predicted octanol–water partition coefficient (Wildman–Crippen LogP) is 3.02. The van der Waals surface area contributed by atoms with Crippen molar-refractivity contribution in [1.29, 1.82) is 0 Å². The summed E-state index contributed by atoms with van der Waals surface area (Å²) in [6.45, 7) is 1.04. The summed E-state index contributed by atoms with van der Waals surface area (Å²) in [5.74, 6) is 0. The van der Waals surface area contributed by atoms with Crippen molar-refractivity contribution in [3.63, 3.8) is 0 Å². The van der Waals surface area contributed by atoms with Crippen molar-refractivity contribution >= 4 is 23.2 Å². The van der Waals surface area contributed by atoms with Crippen molar-refractivity contribution in [3.05, 3.63) is 48.0 Å². The van der Waals surface area contributed by atoms with E-state index in [1.165, 1.54) is 16.3 Å². The normalized spacial score (nSPS) is 9.93. The van der Waals surface area contributed by atoms with E-state index in [9.17, 15) is 0 Å². The summed E-state index contributed by atoms with van der Waals surface area (Å²) in [6, 6.07) is 15.1. The van der Waals surface area contributed by atoms with Crippen molar-refractivity contribution in [3.8, 4) is 0 Å². The van der Waals surface area contributed by atoms with Crippen molar-refractivity contribution in [1.82, 2.24) is 5.32 Å². The number of nitrogens with one attached hydrogen (secondary N) is 1. The lowest BCUT2D eigenvalue weighted by atomic mass is 10.0. The zero-order chi connectivity index (χ0) is 9.80. The zero-order valence-corrected chi connectivity index (χ0v) is 9.68. The molecule has 0 saturated heterocycles. The van der Waals surface area contributed by atoms with Gasteiger partial charge in [-0.25, -0.2) is 0 Å². The Kier molecular flexibility index (Phi) is 4.60. The third-order valence-electron chi connectivity index (χ3n) is 2.52. The fraction of sp³-hybridized carbons (Fsp3) is 0.231. The molecule has 0 bridgehead atoms. The van der Waals surface area contributed by atoms with Crippen LogP contribution in [-0.2, 0) is 6.42 Å². The quantitative estimate of drug-likeness (QED) is 0.840. The third kappa shape index (κ3) is 2.71. The van der Waals surface area contributed by atoms with Crippen LogP contribution in [0.25, 0.3) is 10.8 Å². The van der Waals surface area contributed by atoms with Crippen LogP contribution in [0.2, 0.25) is 0 Å². The summed E-state index contributed by atoms with van der Waals surface area (Å²) in [5, 5.41) is 5.90. The zero-order valence-electron chi connectivity index (χ0n) is 8.86. The van der Waals surface area contributed by atoms with Crippen LogP contribution in [-0.4, -0.2) is 13.6 Å². The maximum Gasteiger partial charge on any atom is -0.00111 e. The molecule has 0 atom stereocenters. The molecule has 2 aromatic rings. The molecule has 0 amide bonds. The second-order valence-electron chi connectivity index (χ2n) is 3.49. The van der Waals surface area contributed by atoms with Gasteiger partial charge in [0.25, 0.3) is 0 Å². The van der Waals surface area contributed by atoms with Crippen LogP contribution < -0.4 is 5.32 Å². The number of rotatable bonds is 3. The molecule has 2 rings (SSSR count). The van der Waals surface area contributed by atoms with Crippen molar-refractivity contribution in [2.45, 2.75) is 6.42 Å². The van der Waals surface area contributed by atoms with E-state index in [-0.39, 0.29) is 12.4 Å². The summed E-state index contributed by atoms with van der Waals surface area (Å²) in [5.41, 5.74) is 1.43. The molecule has 0 aliphatic carbocycles. The minimum absolute atomic E-state index is 0. The van der Waals surface area contributed by atoms with Crippen LogP contribution in [0.1, 0.15) is 5.56 Å². The van der Waals surface area contributed by atoms with Gasteiger partial charge < -0.3 is 5.32 Å². The van der Waals surface area contributed by atoms with E-state index in [4.69, 9.17) is 0 Å². The highest BCUT2D eigenvalue weighted by Gasteiger charge is 1.98. The lowest BCUT2D eigenvalue weighted by molar-refractivity contribution is 0.795. The van der Waals surface area contributed by atoms with Gasteiger partial charge in [-0.05, 0) is 36.3 Å². The lowest BCUT2D eigenvalue weighted by Crippen LogP contribution is -2.10. The Morgan fingerprint density at radius 3 is 2.53 bits per heavy atom. The minimum Gasteiger partial charge on any atom is -0.319 e. The average Bonchev–Trinajstić information content (AvgIpc) is 2.26. The van der Waals surface area contributed by atoms with Crippen LogP contribution in [0, 0.1) is 0 Å². The fourth-order valence-corrected chi connectivity index (χ4v) is 1.77. The predicted molar refractivity (Wildman–Crippen MR) is 68.8 cm³/mol. The van der Waals surface area contributed by atoms with Crippen LogP contribution in [0.4, 0.5) is 0 Å². The van der Waals surface area contributed by atoms with Crippen molar-refractivity contribution in [2.75, 3.05) is 13.6 Å². The van der Waals surface area contributed by atoms with Gasteiger partial charge in [0, 0.05) is 0 Å². The van der Waals surface area contributed by atoms with Gasteiger partial charge in [-0.2, -0.15) is 0 Å². The molecular formula is C13H16ClN. The number of likely N-dealkylation sites (N-methyl/N-ethyl adjacent to an activating group) is 1. The summed E-state index contributed by atoms with van der Waals surface area (Å²) in [6.07, 6.45) is 1.10. The number of hydrogen-bond acceptors (Lipinski definition) is 1. The van der Waals surface area contributed by atoms with Crippen LogP contribution in [0.3, 0.4) is 0 Å².